The average molecular weight is 284 g/mol. The molecular formula is C17H20N2O2. The maximum atomic E-state index is 12.1. The molecule has 0 fully saturated rings. The summed E-state index contributed by atoms with van der Waals surface area (Å²) in [6, 6.07) is 15.3. The molecule has 110 valence electrons. The van der Waals surface area contributed by atoms with Gasteiger partial charge in [0.1, 0.15) is 6.10 Å². The van der Waals surface area contributed by atoms with Gasteiger partial charge in [0, 0.05) is 6.20 Å². The number of hydrogen-bond donors (Lipinski definition) is 1. The van der Waals surface area contributed by atoms with E-state index in [0.29, 0.717) is 6.61 Å². The summed E-state index contributed by atoms with van der Waals surface area (Å²) < 4.78 is 5.59. The minimum absolute atomic E-state index is 0.135. The molecule has 21 heavy (non-hydrogen) atoms. The predicted molar refractivity (Wildman–Crippen MR) is 81.5 cm³/mol. The van der Waals surface area contributed by atoms with E-state index < -0.39 is 6.10 Å². The van der Waals surface area contributed by atoms with Gasteiger partial charge in [0.15, 0.2) is 0 Å². The number of rotatable bonds is 6. The first-order chi connectivity index (χ1) is 10.2. The van der Waals surface area contributed by atoms with Crippen LogP contribution >= 0.6 is 0 Å². The summed E-state index contributed by atoms with van der Waals surface area (Å²) in [5.74, 6) is -0.135. The van der Waals surface area contributed by atoms with Crippen LogP contribution in [0.4, 0.5) is 0 Å². The molecular weight excluding hydrogens is 264 g/mol. The molecule has 2 aromatic rings. The first-order valence-electron chi connectivity index (χ1n) is 7.03. The van der Waals surface area contributed by atoms with Gasteiger partial charge in [-0.1, -0.05) is 36.4 Å². The van der Waals surface area contributed by atoms with E-state index >= 15 is 0 Å². The zero-order valence-corrected chi connectivity index (χ0v) is 12.3. The van der Waals surface area contributed by atoms with Crippen LogP contribution in [0.3, 0.4) is 0 Å². The molecule has 0 unspecified atom stereocenters. The second-order valence-corrected chi connectivity index (χ2v) is 4.92. The molecule has 0 radical (unpaired) electrons. The van der Waals surface area contributed by atoms with E-state index in [0.717, 1.165) is 11.3 Å². The van der Waals surface area contributed by atoms with Crippen molar-refractivity contribution in [3.8, 4) is 0 Å². The number of aromatic nitrogens is 1. The van der Waals surface area contributed by atoms with Gasteiger partial charge in [0.2, 0.25) is 5.91 Å². The SMILES string of the molecule is C[C@@H](OCc1ccccc1)C(=O)N[C@H](C)c1ccccn1. The molecule has 4 heteroatoms. The number of carbonyl (C=O) groups excluding carboxylic acids is 1. The van der Waals surface area contributed by atoms with E-state index in [-0.39, 0.29) is 11.9 Å². The van der Waals surface area contributed by atoms with E-state index in [1.54, 1.807) is 13.1 Å². The minimum Gasteiger partial charge on any atom is -0.364 e. The maximum absolute atomic E-state index is 12.1. The quantitative estimate of drug-likeness (QED) is 0.887. The monoisotopic (exact) mass is 284 g/mol. The molecule has 0 saturated heterocycles. The van der Waals surface area contributed by atoms with Crippen molar-refractivity contribution in [2.24, 2.45) is 0 Å². The second kappa shape index (κ2) is 7.55. The van der Waals surface area contributed by atoms with Crippen LogP contribution in [0.25, 0.3) is 0 Å². The molecule has 2 rings (SSSR count). The van der Waals surface area contributed by atoms with E-state index in [4.69, 9.17) is 4.74 Å². The Balaban J connectivity index is 1.82. The van der Waals surface area contributed by atoms with Crippen LogP contribution in [-0.4, -0.2) is 17.0 Å². The first-order valence-corrected chi connectivity index (χ1v) is 7.03. The highest BCUT2D eigenvalue weighted by molar-refractivity contribution is 5.80. The number of nitrogens with one attached hydrogen (secondary N) is 1. The Morgan fingerprint density at radius 3 is 2.52 bits per heavy atom. The lowest BCUT2D eigenvalue weighted by atomic mass is 10.2. The van der Waals surface area contributed by atoms with Crippen LogP contribution in [0.15, 0.2) is 54.7 Å². The molecule has 0 aliphatic rings. The standard InChI is InChI=1S/C17H20N2O2/c1-13(16-10-6-7-11-18-16)19-17(20)14(2)21-12-15-8-4-3-5-9-15/h3-11,13-14H,12H2,1-2H3,(H,19,20)/t13-,14-/m1/s1. The maximum Gasteiger partial charge on any atom is 0.249 e. The molecule has 0 aliphatic carbocycles. The molecule has 1 heterocycles. The van der Waals surface area contributed by atoms with Crippen molar-refractivity contribution in [2.75, 3.05) is 0 Å². The number of ether oxygens (including phenoxy) is 1. The zero-order chi connectivity index (χ0) is 15.1. The van der Waals surface area contributed by atoms with Crippen LogP contribution in [0.5, 0.6) is 0 Å². The smallest absolute Gasteiger partial charge is 0.249 e. The molecule has 0 bridgehead atoms. The van der Waals surface area contributed by atoms with Gasteiger partial charge in [0.25, 0.3) is 0 Å². The number of carbonyl (C=O) groups is 1. The Morgan fingerprint density at radius 2 is 1.86 bits per heavy atom. The molecule has 2 atom stereocenters. The van der Waals surface area contributed by atoms with Crippen molar-refractivity contribution in [1.29, 1.82) is 0 Å². The topological polar surface area (TPSA) is 51.2 Å². The summed E-state index contributed by atoms with van der Waals surface area (Å²) in [5.41, 5.74) is 1.89. The third-order valence-corrected chi connectivity index (χ3v) is 3.20. The fourth-order valence-corrected chi connectivity index (χ4v) is 1.91. The van der Waals surface area contributed by atoms with Crippen molar-refractivity contribution in [3.63, 3.8) is 0 Å². The fraction of sp³-hybridized carbons (Fsp3) is 0.294. The minimum atomic E-state index is -0.503. The normalized spacial score (nSPS) is 13.4. The van der Waals surface area contributed by atoms with E-state index in [1.165, 1.54) is 0 Å². The largest absolute Gasteiger partial charge is 0.364 e. The van der Waals surface area contributed by atoms with Gasteiger partial charge in [0.05, 0.1) is 18.3 Å². The van der Waals surface area contributed by atoms with Crippen LogP contribution < -0.4 is 5.32 Å². The third-order valence-electron chi connectivity index (χ3n) is 3.20. The van der Waals surface area contributed by atoms with Gasteiger partial charge >= 0.3 is 0 Å². The summed E-state index contributed by atoms with van der Waals surface area (Å²) in [7, 11) is 0. The number of benzene rings is 1. The van der Waals surface area contributed by atoms with Crippen molar-refractivity contribution in [3.05, 3.63) is 66.0 Å². The summed E-state index contributed by atoms with van der Waals surface area (Å²) in [6.07, 6.45) is 1.21. The predicted octanol–water partition coefficient (Wildman–Crippen LogP) is 2.86. The van der Waals surface area contributed by atoms with Crippen LogP contribution in [-0.2, 0) is 16.1 Å². The number of hydrogen-bond acceptors (Lipinski definition) is 3. The number of pyridine rings is 1. The Labute approximate surface area is 125 Å². The summed E-state index contributed by atoms with van der Waals surface area (Å²) in [4.78, 5) is 16.3. The summed E-state index contributed by atoms with van der Waals surface area (Å²) in [6.45, 7) is 4.08. The van der Waals surface area contributed by atoms with E-state index in [2.05, 4.69) is 10.3 Å². The average Bonchev–Trinajstić information content (AvgIpc) is 2.54. The Bertz CT molecular complexity index is 558. The zero-order valence-electron chi connectivity index (χ0n) is 12.3. The van der Waals surface area contributed by atoms with Gasteiger partial charge in [-0.15, -0.1) is 0 Å². The molecule has 0 aliphatic heterocycles. The first kappa shape index (κ1) is 15.2. The highest BCUT2D eigenvalue weighted by Crippen LogP contribution is 2.09. The van der Waals surface area contributed by atoms with E-state index in [9.17, 15) is 4.79 Å². The Morgan fingerprint density at radius 1 is 1.14 bits per heavy atom. The van der Waals surface area contributed by atoms with Gasteiger partial charge in [-0.2, -0.15) is 0 Å². The Hall–Kier alpha value is -2.20. The third kappa shape index (κ3) is 4.68. The fourth-order valence-electron chi connectivity index (χ4n) is 1.91. The molecule has 1 aromatic carbocycles. The molecule has 4 nitrogen and oxygen atoms in total. The summed E-state index contributed by atoms with van der Waals surface area (Å²) >= 11 is 0. The number of amides is 1. The van der Waals surface area contributed by atoms with E-state index in [1.807, 2.05) is 55.5 Å². The van der Waals surface area contributed by atoms with Gasteiger partial charge in [-0.05, 0) is 31.5 Å². The lowest BCUT2D eigenvalue weighted by molar-refractivity contribution is -0.133. The second-order valence-electron chi connectivity index (χ2n) is 4.92. The van der Waals surface area contributed by atoms with Crippen molar-refractivity contribution in [2.45, 2.75) is 32.6 Å². The van der Waals surface area contributed by atoms with Gasteiger partial charge < -0.3 is 10.1 Å². The molecule has 1 aromatic heterocycles. The molecule has 1 amide bonds. The van der Waals surface area contributed by atoms with Crippen LogP contribution in [0.1, 0.15) is 31.1 Å². The summed E-state index contributed by atoms with van der Waals surface area (Å²) in [5, 5.41) is 2.91. The highest BCUT2D eigenvalue weighted by atomic mass is 16.5. The highest BCUT2D eigenvalue weighted by Gasteiger charge is 2.17. The van der Waals surface area contributed by atoms with Crippen LogP contribution in [0, 0.1) is 0 Å². The molecule has 1 N–H and O–H groups in total. The van der Waals surface area contributed by atoms with Crippen molar-refractivity contribution in [1.82, 2.24) is 10.3 Å². The van der Waals surface area contributed by atoms with Gasteiger partial charge in [-0.25, -0.2) is 0 Å². The molecule has 0 saturated carbocycles. The molecule has 0 spiro atoms. The number of nitrogens with zero attached hydrogens (tertiary/aromatic N) is 1. The van der Waals surface area contributed by atoms with Crippen LogP contribution in [0.2, 0.25) is 0 Å². The lowest BCUT2D eigenvalue weighted by Crippen LogP contribution is -2.36. The van der Waals surface area contributed by atoms with Crippen molar-refractivity contribution >= 4 is 5.91 Å². The lowest BCUT2D eigenvalue weighted by Gasteiger charge is -2.17. The Kier molecular flexibility index (Phi) is 5.46. The van der Waals surface area contributed by atoms with Gasteiger partial charge in [-0.3, -0.25) is 9.78 Å². The van der Waals surface area contributed by atoms with Crippen molar-refractivity contribution < 1.29 is 9.53 Å².